The fourth-order valence-electron chi connectivity index (χ4n) is 1.56. The maximum atomic E-state index is 12.3. The van der Waals surface area contributed by atoms with Crippen LogP contribution < -0.4 is 9.46 Å². The maximum absolute atomic E-state index is 12.3. The molecule has 6 nitrogen and oxygen atoms in total. The summed E-state index contributed by atoms with van der Waals surface area (Å²) >= 11 is 5.87. The van der Waals surface area contributed by atoms with Gasteiger partial charge in [0.1, 0.15) is 10.6 Å². The van der Waals surface area contributed by atoms with Crippen LogP contribution in [-0.2, 0) is 21.4 Å². The molecule has 0 aliphatic carbocycles. The molecule has 0 heterocycles. The average molecular weight is 324 g/mol. The van der Waals surface area contributed by atoms with Gasteiger partial charge in [0.15, 0.2) is 0 Å². The van der Waals surface area contributed by atoms with Crippen molar-refractivity contribution in [2.24, 2.45) is 0 Å². The Kier molecular flexibility index (Phi) is 6.22. The number of sulfonamides is 1. The quantitative estimate of drug-likeness (QED) is 0.786. The van der Waals surface area contributed by atoms with E-state index in [0.29, 0.717) is 5.56 Å². The van der Waals surface area contributed by atoms with E-state index in [1.807, 2.05) is 0 Å². The largest absolute Gasteiger partial charge is 0.495 e. The first-order chi connectivity index (χ1) is 9.35. The number of nitrogens with one attached hydrogen (secondary N) is 1. The lowest BCUT2D eigenvalue weighted by atomic mass is 10.2. The van der Waals surface area contributed by atoms with Crippen molar-refractivity contribution in [1.82, 2.24) is 4.72 Å². The standard InChI is InChI=1S/C12H18ClNO5S/c1-8(18-2)6-14-20(16,17)11-5-10(13)4-9(7-15)12(11)19-3/h4-5,8,14-15H,6-7H2,1-3H3. The van der Waals surface area contributed by atoms with Gasteiger partial charge in [-0.1, -0.05) is 11.6 Å². The first-order valence-electron chi connectivity index (χ1n) is 5.85. The predicted molar refractivity (Wildman–Crippen MR) is 75.6 cm³/mol. The smallest absolute Gasteiger partial charge is 0.244 e. The molecule has 0 bridgehead atoms. The van der Waals surface area contributed by atoms with Gasteiger partial charge in [-0.25, -0.2) is 13.1 Å². The van der Waals surface area contributed by atoms with Gasteiger partial charge >= 0.3 is 0 Å². The summed E-state index contributed by atoms with van der Waals surface area (Å²) in [5.74, 6) is 0.0782. The van der Waals surface area contributed by atoms with Crippen LogP contribution >= 0.6 is 11.6 Å². The van der Waals surface area contributed by atoms with Crippen molar-refractivity contribution < 1.29 is 23.0 Å². The summed E-state index contributed by atoms with van der Waals surface area (Å²) in [5.41, 5.74) is 0.306. The molecule has 1 aromatic rings. The molecule has 0 amide bonds. The van der Waals surface area contributed by atoms with Crippen LogP contribution in [0.4, 0.5) is 0 Å². The minimum Gasteiger partial charge on any atom is -0.495 e. The van der Waals surface area contributed by atoms with Crippen LogP contribution in [0.25, 0.3) is 0 Å². The molecule has 1 aromatic carbocycles. The van der Waals surface area contributed by atoms with E-state index in [-0.39, 0.29) is 34.9 Å². The zero-order valence-electron chi connectivity index (χ0n) is 11.5. The Morgan fingerprint density at radius 1 is 1.40 bits per heavy atom. The number of ether oxygens (including phenoxy) is 2. The molecule has 20 heavy (non-hydrogen) atoms. The molecule has 1 unspecified atom stereocenters. The van der Waals surface area contributed by atoms with Crippen molar-refractivity contribution in [1.29, 1.82) is 0 Å². The normalized spacial score (nSPS) is 13.2. The van der Waals surface area contributed by atoms with Gasteiger partial charge in [0.2, 0.25) is 10.0 Å². The lowest BCUT2D eigenvalue weighted by Crippen LogP contribution is -2.32. The average Bonchev–Trinajstić information content (AvgIpc) is 2.43. The van der Waals surface area contributed by atoms with Crippen molar-refractivity contribution in [3.8, 4) is 5.75 Å². The Morgan fingerprint density at radius 3 is 2.55 bits per heavy atom. The molecule has 114 valence electrons. The molecule has 2 N–H and O–H groups in total. The summed E-state index contributed by atoms with van der Waals surface area (Å²) in [4.78, 5) is -0.111. The third-order valence-electron chi connectivity index (χ3n) is 2.72. The first kappa shape index (κ1) is 17.2. The van der Waals surface area contributed by atoms with Crippen LogP contribution in [-0.4, -0.2) is 40.4 Å². The fraction of sp³-hybridized carbons (Fsp3) is 0.500. The van der Waals surface area contributed by atoms with E-state index >= 15 is 0 Å². The van der Waals surface area contributed by atoms with Crippen molar-refractivity contribution >= 4 is 21.6 Å². The first-order valence-corrected chi connectivity index (χ1v) is 7.71. The van der Waals surface area contributed by atoms with E-state index < -0.39 is 10.0 Å². The number of hydrogen-bond donors (Lipinski definition) is 2. The van der Waals surface area contributed by atoms with E-state index in [9.17, 15) is 13.5 Å². The number of rotatable bonds is 7. The SMILES string of the molecule is COc1c(CO)cc(Cl)cc1S(=O)(=O)NCC(C)OC. The molecule has 0 radical (unpaired) electrons. The molecule has 0 aromatic heterocycles. The van der Waals surface area contributed by atoms with Gasteiger partial charge in [-0.2, -0.15) is 0 Å². The third kappa shape index (κ3) is 4.07. The Bertz CT molecular complexity index is 561. The Balaban J connectivity index is 3.20. The van der Waals surface area contributed by atoms with Gasteiger partial charge in [0.25, 0.3) is 0 Å². The second-order valence-corrected chi connectivity index (χ2v) is 6.32. The molecule has 0 spiro atoms. The summed E-state index contributed by atoms with van der Waals surface area (Å²) < 4.78 is 37.0. The summed E-state index contributed by atoms with van der Waals surface area (Å²) in [6.07, 6.45) is -0.271. The van der Waals surface area contributed by atoms with Gasteiger partial charge < -0.3 is 14.6 Å². The van der Waals surface area contributed by atoms with Crippen LogP contribution in [0.5, 0.6) is 5.75 Å². The molecule has 8 heteroatoms. The highest BCUT2D eigenvalue weighted by Gasteiger charge is 2.23. The highest BCUT2D eigenvalue weighted by atomic mass is 35.5. The van der Waals surface area contributed by atoms with Crippen LogP contribution in [0.3, 0.4) is 0 Å². The van der Waals surface area contributed by atoms with E-state index in [1.54, 1.807) is 6.92 Å². The number of benzene rings is 1. The van der Waals surface area contributed by atoms with Crippen molar-refractivity contribution in [2.75, 3.05) is 20.8 Å². The van der Waals surface area contributed by atoms with Crippen LogP contribution in [0.1, 0.15) is 12.5 Å². The lowest BCUT2D eigenvalue weighted by molar-refractivity contribution is 0.122. The van der Waals surface area contributed by atoms with Crippen LogP contribution in [0.2, 0.25) is 5.02 Å². The van der Waals surface area contributed by atoms with Crippen molar-refractivity contribution in [3.63, 3.8) is 0 Å². The number of halogens is 1. The summed E-state index contributed by atoms with van der Waals surface area (Å²) in [6, 6.07) is 2.73. The molecular weight excluding hydrogens is 306 g/mol. The lowest BCUT2D eigenvalue weighted by Gasteiger charge is -2.15. The van der Waals surface area contributed by atoms with Crippen LogP contribution in [0, 0.1) is 0 Å². The number of aliphatic hydroxyl groups excluding tert-OH is 1. The molecule has 0 saturated heterocycles. The third-order valence-corrected chi connectivity index (χ3v) is 4.37. The highest BCUT2D eigenvalue weighted by Crippen LogP contribution is 2.31. The molecule has 0 aliphatic rings. The van der Waals surface area contributed by atoms with E-state index in [2.05, 4.69) is 4.72 Å². The molecule has 1 rings (SSSR count). The van der Waals surface area contributed by atoms with Crippen LogP contribution in [0.15, 0.2) is 17.0 Å². The molecule has 0 aliphatic heterocycles. The Labute approximate surface area is 123 Å². The van der Waals surface area contributed by atoms with E-state index in [0.717, 1.165) is 0 Å². The number of hydrogen-bond acceptors (Lipinski definition) is 5. The van der Waals surface area contributed by atoms with Crippen molar-refractivity contribution in [2.45, 2.75) is 24.5 Å². The number of aliphatic hydroxyl groups is 1. The zero-order chi connectivity index (χ0) is 15.3. The second kappa shape index (κ2) is 7.24. The molecule has 0 fully saturated rings. The van der Waals surface area contributed by atoms with E-state index in [4.69, 9.17) is 21.1 Å². The monoisotopic (exact) mass is 323 g/mol. The molecule has 0 saturated carbocycles. The minimum atomic E-state index is -3.81. The van der Waals surface area contributed by atoms with Crippen molar-refractivity contribution in [3.05, 3.63) is 22.7 Å². The van der Waals surface area contributed by atoms with Gasteiger partial charge in [0, 0.05) is 24.2 Å². The minimum absolute atomic E-state index is 0.0782. The molecule has 1 atom stereocenters. The van der Waals surface area contributed by atoms with Gasteiger partial charge in [-0.3, -0.25) is 0 Å². The summed E-state index contributed by atoms with van der Waals surface area (Å²) in [6.45, 7) is 1.47. The number of methoxy groups -OCH3 is 2. The zero-order valence-corrected chi connectivity index (χ0v) is 13.1. The second-order valence-electron chi connectivity index (χ2n) is 4.15. The predicted octanol–water partition coefficient (Wildman–Crippen LogP) is 1.15. The summed E-state index contributed by atoms with van der Waals surface area (Å²) in [5, 5.41) is 9.45. The van der Waals surface area contributed by atoms with Gasteiger partial charge in [-0.05, 0) is 19.1 Å². The highest BCUT2D eigenvalue weighted by molar-refractivity contribution is 7.89. The maximum Gasteiger partial charge on any atom is 0.244 e. The topological polar surface area (TPSA) is 84.9 Å². The van der Waals surface area contributed by atoms with Gasteiger partial charge in [0.05, 0.1) is 19.8 Å². The van der Waals surface area contributed by atoms with Gasteiger partial charge in [-0.15, -0.1) is 0 Å². The Morgan fingerprint density at radius 2 is 2.05 bits per heavy atom. The Hall–Kier alpha value is -0.860. The summed E-state index contributed by atoms with van der Waals surface area (Å²) in [7, 11) is -0.992. The fourth-order valence-corrected chi connectivity index (χ4v) is 3.22. The molecular formula is C12H18ClNO5S. The van der Waals surface area contributed by atoms with E-state index in [1.165, 1.54) is 26.4 Å².